The summed E-state index contributed by atoms with van der Waals surface area (Å²) in [6.07, 6.45) is 5.19. The van der Waals surface area contributed by atoms with Crippen LogP contribution in [-0.4, -0.2) is 51.8 Å². The molecule has 166 valence electrons. The van der Waals surface area contributed by atoms with E-state index in [4.69, 9.17) is 4.98 Å². The number of rotatable bonds is 3. The standard InChI is InChI=1S/C23H27N5O.2ClH/c1-2-28-21-19(15-25-28)18(14-20(26-21)17-6-4-3-5-7-17)22(29)27-12-9-23(10-13-27)8-11-24-16-23;;/h3-7,14-15,24H,2,8-13,16H2,1H3;2*1H. The highest BCUT2D eigenvalue weighted by molar-refractivity contribution is 6.06. The van der Waals surface area contributed by atoms with Gasteiger partial charge in [0, 0.05) is 31.7 Å². The second kappa shape index (κ2) is 9.55. The molecule has 1 spiro atoms. The van der Waals surface area contributed by atoms with Crippen LogP contribution in [0.2, 0.25) is 0 Å². The minimum atomic E-state index is 0. The molecule has 2 aliphatic rings. The first kappa shape index (κ1) is 23.5. The minimum Gasteiger partial charge on any atom is -0.339 e. The van der Waals surface area contributed by atoms with Gasteiger partial charge in [-0.25, -0.2) is 9.67 Å². The van der Waals surface area contributed by atoms with Crippen molar-refractivity contribution in [3.05, 3.63) is 48.2 Å². The predicted molar refractivity (Wildman–Crippen MR) is 128 cm³/mol. The molecule has 3 aromatic rings. The summed E-state index contributed by atoms with van der Waals surface area (Å²) in [6.45, 7) is 6.62. The van der Waals surface area contributed by atoms with Gasteiger partial charge in [-0.15, -0.1) is 24.8 Å². The number of carbonyl (C=O) groups is 1. The number of aromatic nitrogens is 3. The van der Waals surface area contributed by atoms with E-state index < -0.39 is 0 Å². The van der Waals surface area contributed by atoms with Gasteiger partial charge in [-0.3, -0.25) is 4.79 Å². The van der Waals surface area contributed by atoms with Crippen molar-refractivity contribution in [3.63, 3.8) is 0 Å². The first-order valence-corrected chi connectivity index (χ1v) is 10.6. The minimum absolute atomic E-state index is 0. The zero-order valence-electron chi connectivity index (χ0n) is 17.7. The quantitative estimate of drug-likeness (QED) is 0.635. The van der Waals surface area contributed by atoms with E-state index in [0.29, 0.717) is 11.0 Å². The fourth-order valence-electron chi connectivity index (χ4n) is 4.79. The second-order valence-electron chi connectivity index (χ2n) is 8.34. The molecule has 0 aliphatic carbocycles. The van der Waals surface area contributed by atoms with Crippen LogP contribution in [-0.2, 0) is 6.54 Å². The van der Waals surface area contributed by atoms with Gasteiger partial charge >= 0.3 is 0 Å². The highest BCUT2D eigenvalue weighted by Gasteiger charge is 2.38. The van der Waals surface area contributed by atoms with Gasteiger partial charge < -0.3 is 10.2 Å². The lowest BCUT2D eigenvalue weighted by molar-refractivity contribution is 0.0609. The van der Waals surface area contributed by atoms with Crippen LogP contribution in [0.5, 0.6) is 0 Å². The van der Waals surface area contributed by atoms with Crippen LogP contribution in [0.3, 0.4) is 0 Å². The van der Waals surface area contributed by atoms with Crippen LogP contribution in [0.25, 0.3) is 22.3 Å². The van der Waals surface area contributed by atoms with Crippen LogP contribution >= 0.6 is 24.8 Å². The Labute approximate surface area is 195 Å². The molecule has 5 rings (SSSR count). The molecule has 31 heavy (non-hydrogen) atoms. The molecule has 2 aromatic heterocycles. The van der Waals surface area contributed by atoms with E-state index in [9.17, 15) is 4.79 Å². The number of halogens is 2. The van der Waals surface area contributed by atoms with Gasteiger partial charge in [0.2, 0.25) is 0 Å². The first-order valence-electron chi connectivity index (χ1n) is 10.6. The molecular weight excluding hydrogens is 433 g/mol. The molecule has 2 saturated heterocycles. The number of hydrogen-bond acceptors (Lipinski definition) is 4. The summed E-state index contributed by atoms with van der Waals surface area (Å²) >= 11 is 0. The average molecular weight is 462 g/mol. The molecular formula is C23H29Cl2N5O. The Morgan fingerprint density at radius 2 is 1.87 bits per heavy atom. The second-order valence-corrected chi connectivity index (χ2v) is 8.34. The van der Waals surface area contributed by atoms with Crippen LogP contribution < -0.4 is 5.32 Å². The van der Waals surface area contributed by atoms with E-state index in [-0.39, 0.29) is 30.7 Å². The van der Waals surface area contributed by atoms with Gasteiger partial charge in [-0.2, -0.15) is 5.10 Å². The summed E-state index contributed by atoms with van der Waals surface area (Å²) in [5, 5.41) is 8.81. The van der Waals surface area contributed by atoms with Crippen molar-refractivity contribution in [1.29, 1.82) is 0 Å². The Hall–Kier alpha value is -2.15. The van der Waals surface area contributed by atoms with Crippen molar-refractivity contribution in [3.8, 4) is 11.3 Å². The molecule has 0 bridgehead atoms. The number of nitrogens with zero attached hydrogens (tertiary/aromatic N) is 4. The van der Waals surface area contributed by atoms with Crippen LogP contribution in [0.15, 0.2) is 42.6 Å². The Morgan fingerprint density at radius 1 is 1.13 bits per heavy atom. The van der Waals surface area contributed by atoms with Gasteiger partial charge in [0.15, 0.2) is 5.65 Å². The lowest BCUT2D eigenvalue weighted by atomic mass is 9.77. The number of likely N-dealkylation sites (tertiary alicyclic amines) is 1. The number of pyridine rings is 1. The van der Waals surface area contributed by atoms with E-state index in [1.54, 1.807) is 6.20 Å². The molecule has 4 heterocycles. The third kappa shape index (κ3) is 4.29. The predicted octanol–water partition coefficient (Wildman–Crippen LogP) is 4.18. The molecule has 6 nitrogen and oxygen atoms in total. The monoisotopic (exact) mass is 461 g/mol. The molecule has 1 N–H and O–H groups in total. The van der Waals surface area contributed by atoms with Gasteiger partial charge in [0.05, 0.1) is 22.8 Å². The van der Waals surface area contributed by atoms with Crippen molar-refractivity contribution in [2.75, 3.05) is 26.2 Å². The topological polar surface area (TPSA) is 63.1 Å². The van der Waals surface area contributed by atoms with Crippen LogP contribution in [0.1, 0.15) is 36.5 Å². The van der Waals surface area contributed by atoms with Gasteiger partial charge in [-0.1, -0.05) is 30.3 Å². The number of nitrogens with one attached hydrogen (secondary N) is 1. The van der Waals surface area contributed by atoms with Crippen LogP contribution in [0.4, 0.5) is 0 Å². The largest absolute Gasteiger partial charge is 0.339 e. The lowest BCUT2D eigenvalue weighted by Crippen LogP contribution is -2.44. The molecule has 8 heteroatoms. The van der Waals surface area contributed by atoms with Gasteiger partial charge in [0.25, 0.3) is 5.91 Å². The SMILES string of the molecule is CCn1ncc2c(C(=O)N3CCC4(CCNC4)CC3)cc(-c3ccccc3)nc21.Cl.Cl. The van der Waals surface area contributed by atoms with E-state index in [1.165, 1.54) is 6.42 Å². The molecule has 2 fully saturated rings. The normalized spacial score (nSPS) is 17.4. The maximum Gasteiger partial charge on any atom is 0.254 e. The highest BCUT2D eigenvalue weighted by atomic mass is 35.5. The van der Waals surface area contributed by atoms with Crippen molar-refractivity contribution in [2.24, 2.45) is 5.41 Å². The number of piperidine rings is 1. The molecule has 0 radical (unpaired) electrons. The smallest absolute Gasteiger partial charge is 0.254 e. The number of aryl methyl sites for hydroxylation is 1. The van der Waals surface area contributed by atoms with Crippen LogP contribution in [0, 0.1) is 5.41 Å². The maximum atomic E-state index is 13.5. The number of fused-ring (bicyclic) bond motifs is 1. The summed E-state index contributed by atoms with van der Waals surface area (Å²) < 4.78 is 1.87. The number of hydrogen-bond donors (Lipinski definition) is 1. The third-order valence-corrected chi connectivity index (χ3v) is 6.65. The molecule has 2 aliphatic heterocycles. The highest BCUT2D eigenvalue weighted by Crippen LogP contribution is 2.37. The molecule has 0 saturated carbocycles. The molecule has 1 amide bonds. The molecule has 0 atom stereocenters. The Kier molecular flexibility index (Phi) is 7.24. The average Bonchev–Trinajstić information content (AvgIpc) is 3.40. The lowest BCUT2D eigenvalue weighted by Gasteiger charge is -2.39. The van der Waals surface area contributed by atoms with Gasteiger partial charge in [0.1, 0.15) is 0 Å². The third-order valence-electron chi connectivity index (χ3n) is 6.65. The summed E-state index contributed by atoms with van der Waals surface area (Å²) in [4.78, 5) is 20.4. The zero-order chi connectivity index (χ0) is 19.8. The Morgan fingerprint density at radius 3 is 2.52 bits per heavy atom. The fraction of sp³-hybridized carbons (Fsp3) is 0.435. The first-order chi connectivity index (χ1) is 14.2. The summed E-state index contributed by atoms with van der Waals surface area (Å²) in [6, 6.07) is 12.0. The van der Waals surface area contributed by atoms with Crippen molar-refractivity contribution in [2.45, 2.75) is 32.7 Å². The summed E-state index contributed by atoms with van der Waals surface area (Å²) in [5.74, 6) is 0.103. The Balaban J connectivity index is 0.00000136. The van der Waals surface area contributed by atoms with E-state index in [2.05, 4.69) is 10.4 Å². The maximum absolute atomic E-state index is 13.5. The van der Waals surface area contributed by atoms with E-state index in [1.807, 2.05) is 52.9 Å². The van der Waals surface area contributed by atoms with Crippen molar-refractivity contribution in [1.82, 2.24) is 25.0 Å². The number of amides is 1. The zero-order valence-corrected chi connectivity index (χ0v) is 19.3. The number of benzene rings is 1. The van der Waals surface area contributed by atoms with E-state index >= 15 is 0 Å². The summed E-state index contributed by atoms with van der Waals surface area (Å²) in [7, 11) is 0. The Bertz CT molecular complexity index is 1040. The van der Waals surface area contributed by atoms with Gasteiger partial charge in [-0.05, 0) is 44.2 Å². The van der Waals surface area contributed by atoms with E-state index in [0.717, 1.165) is 67.9 Å². The summed E-state index contributed by atoms with van der Waals surface area (Å²) in [5.41, 5.74) is 3.74. The van der Waals surface area contributed by atoms with Crippen molar-refractivity contribution >= 4 is 41.8 Å². The van der Waals surface area contributed by atoms with Crippen molar-refractivity contribution < 1.29 is 4.79 Å². The fourth-order valence-corrected chi connectivity index (χ4v) is 4.79. The molecule has 1 aromatic carbocycles. The number of carbonyl (C=O) groups excluding carboxylic acids is 1. The molecule has 0 unspecified atom stereocenters.